The Labute approximate surface area is 95.8 Å². The van der Waals surface area contributed by atoms with Gasteiger partial charge < -0.3 is 10.0 Å². The molecule has 0 spiro atoms. The largest absolute Gasteiger partial charge is 0.388 e. The number of hydrogen-bond acceptors (Lipinski definition) is 4. The number of aromatic nitrogens is 1. The maximum atomic E-state index is 9.40. The van der Waals surface area contributed by atoms with Gasteiger partial charge in [-0.1, -0.05) is 31.6 Å². The third-order valence-electron chi connectivity index (χ3n) is 2.53. The molecule has 86 valence electrons. The Morgan fingerprint density at radius 1 is 1.53 bits per heavy atom. The summed E-state index contributed by atoms with van der Waals surface area (Å²) < 4.78 is 0. The van der Waals surface area contributed by atoms with Crippen molar-refractivity contribution in [1.82, 2.24) is 4.98 Å². The fraction of sp³-hybridized carbons (Fsp3) is 0.727. The molecule has 1 N–H and O–H groups in total. The first-order valence-electron chi connectivity index (χ1n) is 5.39. The Balaban J connectivity index is 2.61. The third-order valence-corrected chi connectivity index (χ3v) is 3.81. The highest BCUT2D eigenvalue weighted by molar-refractivity contribution is 7.15. The fourth-order valence-electron chi connectivity index (χ4n) is 1.32. The van der Waals surface area contributed by atoms with E-state index in [1.807, 2.05) is 0 Å². The van der Waals surface area contributed by atoms with E-state index in [-0.39, 0.29) is 0 Å². The molecule has 1 rings (SSSR count). The highest BCUT2D eigenvalue weighted by Gasteiger charge is 2.11. The monoisotopic (exact) mass is 228 g/mol. The zero-order chi connectivity index (χ0) is 11.4. The van der Waals surface area contributed by atoms with Crippen molar-refractivity contribution in [1.29, 1.82) is 0 Å². The van der Waals surface area contributed by atoms with Crippen LogP contribution in [0.25, 0.3) is 0 Å². The molecule has 1 heterocycles. The molecule has 1 aromatic rings. The Hall–Kier alpha value is -0.610. The van der Waals surface area contributed by atoms with Gasteiger partial charge in [-0.15, -0.1) is 0 Å². The third kappa shape index (κ3) is 3.47. The SMILES string of the molecule is CCC(C)CN(C)c1ncc(C(C)O)s1. The predicted molar refractivity (Wildman–Crippen MR) is 65.5 cm³/mol. The minimum atomic E-state index is -0.409. The van der Waals surface area contributed by atoms with E-state index in [2.05, 4.69) is 30.8 Å². The van der Waals surface area contributed by atoms with E-state index in [1.54, 1.807) is 24.5 Å². The number of aliphatic hydroxyl groups is 1. The summed E-state index contributed by atoms with van der Waals surface area (Å²) in [4.78, 5) is 7.40. The van der Waals surface area contributed by atoms with Gasteiger partial charge in [0.2, 0.25) is 0 Å². The van der Waals surface area contributed by atoms with Crippen LogP contribution in [0.1, 0.15) is 38.2 Å². The molecule has 0 aromatic carbocycles. The minimum absolute atomic E-state index is 0.409. The van der Waals surface area contributed by atoms with Crippen LogP contribution >= 0.6 is 11.3 Å². The number of aliphatic hydroxyl groups excluding tert-OH is 1. The summed E-state index contributed by atoms with van der Waals surface area (Å²) in [6, 6.07) is 0. The number of rotatable bonds is 5. The molecule has 0 aliphatic rings. The standard InChI is InChI=1S/C11H20N2OS/c1-5-8(2)7-13(4)11-12-6-10(15-11)9(3)14/h6,8-9,14H,5,7H2,1-4H3. The van der Waals surface area contributed by atoms with Crippen LogP contribution in [-0.4, -0.2) is 23.7 Å². The van der Waals surface area contributed by atoms with E-state index < -0.39 is 6.10 Å². The molecule has 0 fully saturated rings. The zero-order valence-corrected chi connectivity index (χ0v) is 10.7. The Morgan fingerprint density at radius 3 is 2.67 bits per heavy atom. The molecule has 3 nitrogen and oxygen atoms in total. The summed E-state index contributed by atoms with van der Waals surface area (Å²) in [6.45, 7) is 7.22. The molecule has 0 saturated heterocycles. The smallest absolute Gasteiger partial charge is 0.185 e. The second kappa shape index (κ2) is 5.47. The van der Waals surface area contributed by atoms with Gasteiger partial charge in [0.1, 0.15) is 0 Å². The van der Waals surface area contributed by atoms with Crippen molar-refractivity contribution in [2.24, 2.45) is 5.92 Å². The molecule has 2 atom stereocenters. The number of nitrogens with zero attached hydrogens (tertiary/aromatic N) is 2. The molecule has 0 bridgehead atoms. The average molecular weight is 228 g/mol. The molecular weight excluding hydrogens is 208 g/mol. The van der Waals surface area contributed by atoms with Gasteiger partial charge in [-0.2, -0.15) is 0 Å². The van der Waals surface area contributed by atoms with Gasteiger partial charge in [-0.3, -0.25) is 0 Å². The van der Waals surface area contributed by atoms with Crippen LogP contribution in [0.15, 0.2) is 6.20 Å². The van der Waals surface area contributed by atoms with Crippen molar-refractivity contribution in [3.05, 3.63) is 11.1 Å². The Bertz CT molecular complexity index is 299. The summed E-state index contributed by atoms with van der Waals surface area (Å²) in [6.07, 6.45) is 2.53. The van der Waals surface area contributed by atoms with Crippen LogP contribution in [0, 0.1) is 5.92 Å². The van der Waals surface area contributed by atoms with Gasteiger partial charge >= 0.3 is 0 Å². The van der Waals surface area contributed by atoms with Gasteiger partial charge in [0.15, 0.2) is 5.13 Å². The molecule has 0 saturated carbocycles. The molecule has 15 heavy (non-hydrogen) atoms. The van der Waals surface area contributed by atoms with Gasteiger partial charge in [0.05, 0.1) is 11.0 Å². The molecule has 0 amide bonds. The zero-order valence-electron chi connectivity index (χ0n) is 9.90. The maximum absolute atomic E-state index is 9.40. The van der Waals surface area contributed by atoms with Crippen molar-refractivity contribution in [2.45, 2.75) is 33.3 Å². The van der Waals surface area contributed by atoms with Crippen LogP contribution < -0.4 is 4.90 Å². The Kier molecular flexibility index (Phi) is 4.54. The topological polar surface area (TPSA) is 36.4 Å². The first-order valence-corrected chi connectivity index (χ1v) is 6.21. The Morgan fingerprint density at radius 2 is 2.20 bits per heavy atom. The van der Waals surface area contributed by atoms with Crippen LogP contribution in [0.2, 0.25) is 0 Å². The van der Waals surface area contributed by atoms with Crippen molar-refractivity contribution in [2.75, 3.05) is 18.5 Å². The highest BCUT2D eigenvalue weighted by Crippen LogP contribution is 2.26. The van der Waals surface area contributed by atoms with Crippen LogP contribution in [0.3, 0.4) is 0 Å². The lowest BCUT2D eigenvalue weighted by molar-refractivity contribution is 0.203. The summed E-state index contributed by atoms with van der Waals surface area (Å²) in [5, 5.41) is 10.4. The number of hydrogen-bond donors (Lipinski definition) is 1. The lowest BCUT2D eigenvalue weighted by Crippen LogP contribution is -2.23. The van der Waals surface area contributed by atoms with Crippen molar-refractivity contribution >= 4 is 16.5 Å². The van der Waals surface area contributed by atoms with E-state index >= 15 is 0 Å². The van der Waals surface area contributed by atoms with Gasteiger partial charge in [0, 0.05) is 19.8 Å². The molecule has 1 aromatic heterocycles. The first kappa shape index (κ1) is 12.5. The fourth-order valence-corrected chi connectivity index (χ4v) is 2.14. The maximum Gasteiger partial charge on any atom is 0.185 e. The van der Waals surface area contributed by atoms with Crippen molar-refractivity contribution in [3.8, 4) is 0 Å². The number of thiazole rings is 1. The minimum Gasteiger partial charge on any atom is -0.388 e. The van der Waals surface area contributed by atoms with E-state index in [0.717, 1.165) is 16.6 Å². The first-order chi connectivity index (χ1) is 7.04. The van der Waals surface area contributed by atoms with E-state index in [4.69, 9.17) is 0 Å². The summed E-state index contributed by atoms with van der Waals surface area (Å²) >= 11 is 1.57. The molecule has 0 aliphatic carbocycles. The van der Waals surface area contributed by atoms with E-state index in [0.29, 0.717) is 5.92 Å². The van der Waals surface area contributed by atoms with Crippen molar-refractivity contribution in [3.63, 3.8) is 0 Å². The van der Waals surface area contributed by atoms with Gasteiger partial charge in [0.25, 0.3) is 0 Å². The lowest BCUT2D eigenvalue weighted by atomic mass is 10.1. The molecule has 0 aliphatic heterocycles. The number of anilines is 1. The normalized spacial score (nSPS) is 15.0. The highest BCUT2D eigenvalue weighted by atomic mass is 32.1. The van der Waals surface area contributed by atoms with Crippen LogP contribution in [0.4, 0.5) is 5.13 Å². The van der Waals surface area contributed by atoms with Gasteiger partial charge in [-0.25, -0.2) is 4.98 Å². The van der Waals surface area contributed by atoms with E-state index in [9.17, 15) is 5.11 Å². The lowest BCUT2D eigenvalue weighted by Gasteiger charge is -2.19. The van der Waals surface area contributed by atoms with Gasteiger partial charge in [-0.05, 0) is 12.8 Å². The van der Waals surface area contributed by atoms with Crippen LogP contribution in [0.5, 0.6) is 0 Å². The quantitative estimate of drug-likeness (QED) is 0.841. The van der Waals surface area contributed by atoms with Crippen molar-refractivity contribution < 1.29 is 5.11 Å². The molecule has 0 radical (unpaired) electrons. The molecule has 4 heteroatoms. The summed E-state index contributed by atoms with van der Waals surface area (Å²) in [5.74, 6) is 0.675. The predicted octanol–water partition coefficient (Wildman–Crippen LogP) is 2.68. The average Bonchev–Trinajstić information content (AvgIpc) is 2.66. The molecule has 2 unspecified atom stereocenters. The van der Waals surface area contributed by atoms with E-state index in [1.165, 1.54) is 6.42 Å². The summed E-state index contributed by atoms with van der Waals surface area (Å²) in [5.41, 5.74) is 0. The summed E-state index contributed by atoms with van der Waals surface area (Å²) in [7, 11) is 2.05. The second-order valence-corrected chi connectivity index (χ2v) is 5.16. The second-order valence-electron chi connectivity index (χ2n) is 4.12. The molecular formula is C11H20N2OS. The van der Waals surface area contributed by atoms with Crippen LogP contribution in [-0.2, 0) is 0 Å².